The molecule has 0 aliphatic carbocycles. The van der Waals surface area contributed by atoms with Gasteiger partial charge in [0.05, 0.1) is 18.1 Å². The molecule has 1 aliphatic heterocycles. The number of carbonyl (C=O) groups is 1. The summed E-state index contributed by atoms with van der Waals surface area (Å²) < 4.78 is 5.15. The highest BCUT2D eigenvalue weighted by Gasteiger charge is 2.39. The van der Waals surface area contributed by atoms with Crippen LogP contribution in [-0.4, -0.2) is 34.5 Å². The highest BCUT2D eigenvalue weighted by Crippen LogP contribution is 2.28. The molecule has 1 rings (SSSR count). The van der Waals surface area contributed by atoms with Crippen LogP contribution in [0.3, 0.4) is 0 Å². The highest BCUT2D eigenvalue weighted by atomic mass is 16.5. The van der Waals surface area contributed by atoms with Gasteiger partial charge in [0, 0.05) is 11.8 Å². The standard InChI is InChI=1S/C11H20O4/c1-5-8(4)15-11(14)7(3)10(13)6(2)9(5)12/h5-10,12-13H,1-4H3/t5-,6+,7-,8+,9-,10-/m0/s1. The third kappa shape index (κ3) is 2.32. The number of esters is 1. The quantitative estimate of drug-likeness (QED) is 0.581. The van der Waals surface area contributed by atoms with Gasteiger partial charge in [-0.15, -0.1) is 0 Å². The number of hydrogen-bond donors (Lipinski definition) is 2. The third-order valence-corrected chi connectivity index (χ3v) is 3.54. The topological polar surface area (TPSA) is 66.8 Å². The Labute approximate surface area is 90.2 Å². The number of hydrogen-bond acceptors (Lipinski definition) is 4. The van der Waals surface area contributed by atoms with E-state index in [9.17, 15) is 15.0 Å². The summed E-state index contributed by atoms with van der Waals surface area (Å²) in [6.07, 6.45) is -1.81. The Balaban J connectivity index is 2.90. The van der Waals surface area contributed by atoms with Gasteiger partial charge in [-0.2, -0.15) is 0 Å². The van der Waals surface area contributed by atoms with Crippen LogP contribution in [0.25, 0.3) is 0 Å². The molecule has 0 spiro atoms. The van der Waals surface area contributed by atoms with E-state index in [1.165, 1.54) is 0 Å². The van der Waals surface area contributed by atoms with Crippen molar-refractivity contribution in [2.45, 2.75) is 46.0 Å². The maximum Gasteiger partial charge on any atom is 0.311 e. The molecule has 4 nitrogen and oxygen atoms in total. The Kier molecular flexibility index (Phi) is 3.73. The summed E-state index contributed by atoms with van der Waals surface area (Å²) in [4.78, 5) is 11.5. The zero-order valence-corrected chi connectivity index (χ0v) is 9.68. The number of aliphatic hydroxyl groups is 2. The van der Waals surface area contributed by atoms with Gasteiger partial charge in [-0.1, -0.05) is 13.8 Å². The summed E-state index contributed by atoms with van der Waals surface area (Å²) in [6.45, 7) is 6.97. The predicted octanol–water partition coefficient (Wildman–Crippen LogP) is 0.562. The summed E-state index contributed by atoms with van der Waals surface area (Å²) in [5, 5.41) is 19.8. The minimum atomic E-state index is -0.845. The lowest BCUT2D eigenvalue weighted by Gasteiger charge is -2.36. The largest absolute Gasteiger partial charge is 0.462 e. The summed E-state index contributed by atoms with van der Waals surface area (Å²) >= 11 is 0. The van der Waals surface area contributed by atoms with Crippen molar-refractivity contribution in [3.8, 4) is 0 Å². The van der Waals surface area contributed by atoms with Crippen LogP contribution in [0.4, 0.5) is 0 Å². The average Bonchev–Trinajstić information content (AvgIpc) is 2.22. The van der Waals surface area contributed by atoms with Crippen molar-refractivity contribution >= 4 is 5.97 Å². The molecule has 4 heteroatoms. The summed E-state index contributed by atoms with van der Waals surface area (Å²) in [6, 6.07) is 0. The zero-order chi connectivity index (χ0) is 11.7. The number of carbonyl (C=O) groups excluding carboxylic acids is 1. The second kappa shape index (κ2) is 4.49. The smallest absolute Gasteiger partial charge is 0.311 e. The minimum absolute atomic E-state index is 0.161. The van der Waals surface area contributed by atoms with Gasteiger partial charge in [0.1, 0.15) is 6.10 Å². The number of cyclic esters (lactones) is 1. The van der Waals surface area contributed by atoms with Crippen molar-refractivity contribution in [3.05, 3.63) is 0 Å². The van der Waals surface area contributed by atoms with Gasteiger partial charge in [0.2, 0.25) is 0 Å². The molecule has 0 unspecified atom stereocenters. The molecule has 0 aromatic heterocycles. The molecule has 0 bridgehead atoms. The van der Waals surface area contributed by atoms with Crippen LogP contribution in [0, 0.1) is 17.8 Å². The first-order chi connectivity index (χ1) is 6.86. The lowest BCUT2D eigenvalue weighted by atomic mass is 9.81. The maximum atomic E-state index is 11.5. The van der Waals surface area contributed by atoms with E-state index < -0.39 is 18.1 Å². The molecule has 1 saturated heterocycles. The number of ether oxygens (including phenoxy) is 1. The van der Waals surface area contributed by atoms with Crippen LogP contribution in [0.15, 0.2) is 0 Å². The van der Waals surface area contributed by atoms with Crippen LogP contribution in [0.1, 0.15) is 27.7 Å². The fraction of sp³-hybridized carbons (Fsp3) is 0.909. The molecule has 1 fully saturated rings. The monoisotopic (exact) mass is 216 g/mol. The van der Waals surface area contributed by atoms with Gasteiger partial charge in [-0.3, -0.25) is 4.79 Å². The molecule has 15 heavy (non-hydrogen) atoms. The Morgan fingerprint density at radius 2 is 1.53 bits per heavy atom. The van der Waals surface area contributed by atoms with Gasteiger partial charge in [-0.05, 0) is 13.8 Å². The van der Waals surface area contributed by atoms with Crippen LogP contribution in [-0.2, 0) is 9.53 Å². The predicted molar refractivity (Wildman–Crippen MR) is 55.1 cm³/mol. The van der Waals surface area contributed by atoms with Crippen molar-refractivity contribution in [1.29, 1.82) is 0 Å². The van der Waals surface area contributed by atoms with Crippen LogP contribution < -0.4 is 0 Å². The average molecular weight is 216 g/mol. The Morgan fingerprint density at radius 1 is 1.00 bits per heavy atom. The van der Waals surface area contributed by atoms with Gasteiger partial charge in [-0.25, -0.2) is 0 Å². The highest BCUT2D eigenvalue weighted by molar-refractivity contribution is 5.73. The van der Waals surface area contributed by atoms with Crippen LogP contribution in [0.5, 0.6) is 0 Å². The maximum absolute atomic E-state index is 11.5. The second-order valence-electron chi connectivity index (χ2n) is 4.63. The van der Waals surface area contributed by atoms with Crippen molar-refractivity contribution < 1.29 is 19.7 Å². The van der Waals surface area contributed by atoms with Gasteiger partial charge in [0.25, 0.3) is 0 Å². The van der Waals surface area contributed by atoms with E-state index in [1.54, 1.807) is 20.8 Å². The molecular formula is C11H20O4. The number of rotatable bonds is 0. The van der Waals surface area contributed by atoms with E-state index >= 15 is 0 Å². The Morgan fingerprint density at radius 3 is 2.07 bits per heavy atom. The number of aliphatic hydroxyl groups excluding tert-OH is 2. The fourth-order valence-electron chi connectivity index (χ4n) is 1.95. The Hall–Kier alpha value is -0.610. The molecule has 1 heterocycles. The van der Waals surface area contributed by atoms with E-state index in [1.807, 2.05) is 6.92 Å². The van der Waals surface area contributed by atoms with E-state index in [-0.39, 0.29) is 23.9 Å². The van der Waals surface area contributed by atoms with Crippen LogP contribution >= 0.6 is 0 Å². The first-order valence-electron chi connectivity index (χ1n) is 5.43. The van der Waals surface area contributed by atoms with Gasteiger partial charge in [0.15, 0.2) is 0 Å². The molecule has 6 atom stereocenters. The normalized spacial score (nSPS) is 48.0. The minimum Gasteiger partial charge on any atom is -0.462 e. The van der Waals surface area contributed by atoms with Crippen molar-refractivity contribution in [2.75, 3.05) is 0 Å². The third-order valence-electron chi connectivity index (χ3n) is 3.54. The fourth-order valence-corrected chi connectivity index (χ4v) is 1.95. The van der Waals surface area contributed by atoms with Crippen molar-refractivity contribution in [1.82, 2.24) is 0 Å². The summed E-state index contributed by atoms with van der Waals surface area (Å²) in [5.74, 6) is -1.44. The van der Waals surface area contributed by atoms with E-state index in [4.69, 9.17) is 4.74 Å². The summed E-state index contributed by atoms with van der Waals surface area (Å²) in [5.41, 5.74) is 0. The molecule has 0 aromatic carbocycles. The first kappa shape index (κ1) is 12.5. The molecule has 0 radical (unpaired) electrons. The molecule has 1 aliphatic rings. The van der Waals surface area contributed by atoms with Gasteiger partial charge >= 0.3 is 5.97 Å². The molecule has 0 aromatic rings. The lowest BCUT2D eigenvalue weighted by Crippen LogP contribution is -2.47. The second-order valence-corrected chi connectivity index (χ2v) is 4.63. The van der Waals surface area contributed by atoms with E-state index in [0.717, 1.165) is 0 Å². The van der Waals surface area contributed by atoms with E-state index in [0.29, 0.717) is 0 Å². The van der Waals surface area contributed by atoms with E-state index in [2.05, 4.69) is 0 Å². The first-order valence-corrected chi connectivity index (χ1v) is 5.43. The lowest BCUT2D eigenvalue weighted by molar-refractivity contribution is -0.172. The van der Waals surface area contributed by atoms with Crippen molar-refractivity contribution in [3.63, 3.8) is 0 Å². The zero-order valence-electron chi connectivity index (χ0n) is 9.68. The molecule has 2 N–H and O–H groups in total. The Bertz CT molecular complexity index is 241. The van der Waals surface area contributed by atoms with Crippen LogP contribution in [0.2, 0.25) is 0 Å². The van der Waals surface area contributed by atoms with Gasteiger partial charge < -0.3 is 14.9 Å². The summed E-state index contributed by atoms with van der Waals surface area (Å²) in [7, 11) is 0. The molecule has 0 saturated carbocycles. The molecule has 88 valence electrons. The SMILES string of the molecule is C[C@@H]1[C@@H](O)[C@@H](C)[C@@H](C)OC(=O)[C@@H](C)[C@H]1O. The molecular weight excluding hydrogens is 196 g/mol. The molecule has 0 amide bonds. The van der Waals surface area contributed by atoms with Crippen molar-refractivity contribution in [2.24, 2.45) is 17.8 Å².